The highest BCUT2D eigenvalue weighted by Crippen LogP contribution is 2.29. The molecule has 0 aliphatic carbocycles. The Bertz CT molecular complexity index is 908. The Labute approximate surface area is 127 Å². The lowest BCUT2D eigenvalue weighted by Gasteiger charge is -2.10. The van der Waals surface area contributed by atoms with Crippen LogP contribution in [0.3, 0.4) is 0 Å². The maximum atomic E-state index is 12.4. The van der Waals surface area contributed by atoms with Gasteiger partial charge in [0.1, 0.15) is 17.1 Å². The van der Waals surface area contributed by atoms with Crippen molar-refractivity contribution in [3.05, 3.63) is 39.8 Å². The zero-order chi connectivity index (χ0) is 15.9. The standard InChI is InChI=1S/C16H18N4O2/c1-5-22-12-7-6-9(2)8-11(12)15-17-13-10(3)19-20(4)14(13)16(21)18-15/h6-8H,5H2,1-4H3,(H,17,18,21). The number of hydrogen-bond acceptors (Lipinski definition) is 4. The first-order valence-electron chi connectivity index (χ1n) is 7.18. The van der Waals surface area contributed by atoms with Crippen LogP contribution in [-0.2, 0) is 7.05 Å². The van der Waals surface area contributed by atoms with Gasteiger partial charge in [-0.15, -0.1) is 0 Å². The summed E-state index contributed by atoms with van der Waals surface area (Å²) in [5.41, 5.74) is 3.48. The van der Waals surface area contributed by atoms with E-state index in [1.165, 1.54) is 0 Å². The van der Waals surface area contributed by atoms with Crippen molar-refractivity contribution in [3.63, 3.8) is 0 Å². The molecule has 0 bridgehead atoms. The third kappa shape index (κ3) is 2.26. The molecule has 1 N–H and O–H groups in total. The monoisotopic (exact) mass is 298 g/mol. The first-order valence-corrected chi connectivity index (χ1v) is 7.18. The summed E-state index contributed by atoms with van der Waals surface area (Å²) >= 11 is 0. The summed E-state index contributed by atoms with van der Waals surface area (Å²) in [4.78, 5) is 19.8. The lowest BCUT2D eigenvalue weighted by molar-refractivity contribution is 0.341. The highest BCUT2D eigenvalue weighted by Gasteiger charge is 2.15. The molecule has 22 heavy (non-hydrogen) atoms. The number of aromatic amines is 1. The molecule has 6 heteroatoms. The van der Waals surface area contributed by atoms with Gasteiger partial charge in [-0.2, -0.15) is 5.10 Å². The summed E-state index contributed by atoms with van der Waals surface area (Å²) < 4.78 is 7.21. The number of benzene rings is 1. The summed E-state index contributed by atoms with van der Waals surface area (Å²) in [7, 11) is 1.74. The number of hydrogen-bond donors (Lipinski definition) is 1. The molecule has 0 amide bonds. The Hall–Kier alpha value is -2.63. The molecule has 0 saturated heterocycles. The van der Waals surface area contributed by atoms with Crippen molar-refractivity contribution in [2.75, 3.05) is 6.61 Å². The van der Waals surface area contributed by atoms with Gasteiger partial charge in [0.2, 0.25) is 0 Å². The molecular formula is C16H18N4O2. The van der Waals surface area contributed by atoms with Gasteiger partial charge in [0.25, 0.3) is 5.56 Å². The van der Waals surface area contributed by atoms with E-state index in [0.29, 0.717) is 29.2 Å². The van der Waals surface area contributed by atoms with Gasteiger partial charge < -0.3 is 9.72 Å². The van der Waals surface area contributed by atoms with E-state index in [2.05, 4.69) is 15.1 Å². The molecule has 3 aromatic rings. The van der Waals surface area contributed by atoms with Crippen LogP contribution in [0.25, 0.3) is 22.4 Å². The first kappa shape index (κ1) is 14.3. The smallest absolute Gasteiger partial charge is 0.277 e. The van der Waals surface area contributed by atoms with E-state index >= 15 is 0 Å². The van der Waals surface area contributed by atoms with Crippen molar-refractivity contribution < 1.29 is 4.74 Å². The Kier molecular flexibility index (Phi) is 3.44. The van der Waals surface area contributed by atoms with Gasteiger partial charge in [0.05, 0.1) is 17.9 Å². The number of H-pyrrole nitrogens is 1. The van der Waals surface area contributed by atoms with Gasteiger partial charge in [0.15, 0.2) is 5.52 Å². The largest absolute Gasteiger partial charge is 0.493 e. The summed E-state index contributed by atoms with van der Waals surface area (Å²) in [6, 6.07) is 5.83. The number of aromatic nitrogens is 4. The molecule has 3 rings (SSSR count). The van der Waals surface area contributed by atoms with E-state index in [1.807, 2.05) is 39.0 Å². The molecule has 1 aromatic carbocycles. The van der Waals surface area contributed by atoms with Crippen LogP contribution in [0.1, 0.15) is 18.2 Å². The van der Waals surface area contributed by atoms with Crippen molar-refractivity contribution in [2.45, 2.75) is 20.8 Å². The second-order valence-corrected chi connectivity index (χ2v) is 5.25. The van der Waals surface area contributed by atoms with Crippen LogP contribution in [0.15, 0.2) is 23.0 Å². The summed E-state index contributed by atoms with van der Waals surface area (Å²) in [5, 5.41) is 4.27. The Morgan fingerprint density at radius 2 is 2.09 bits per heavy atom. The van der Waals surface area contributed by atoms with Gasteiger partial charge in [-0.3, -0.25) is 9.48 Å². The second-order valence-electron chi connectivity index (χ2n) is 5.25. The normalized spacial score (nSPS) is 11.1. The maximum absolute atomic E-state index is 12.4. The van der Waals surface area contributed by atoms with Crippen LogP contribution in [-0.4, -0.2) is 26.4 Å². The summed E-state index contributed by atoms with van der Waals surface area (Å²) in [5.74, 6) is 1.21. The number of rotatable bonds is 3. The average molecular weight is 298 g/mol. The zero-order valence-corrected chi connectivity index (χ0v) is 13.1. The summed E-state index contributed by atoms with van der Waals surface area (Å²) in [6.07, 6.45) is 0. The maximum Gasteiger partial charge on any atom is 0.277 e. The van der Waals surface area contributed by atoms with Crippen LogP contribution in [0.5, 0.6) is 5.75 Å². The van der Waals surface area contributed by atoms with Crippen molar-refractivity contribution >= 4 is 11.0 Å². The van der Waals surface area contributed by atoms with Gasteiger partial charge in [-0.05, 0) is 32.9 Å². The second kappa shape index (κ2) is 5.29. The minimum atomic E-state index is -0.202. The highest BCUT2D eigenvalue weighted by molar-refractivity contribution is 5.79. The Morgan fingerprint density at radius 3 is 2.82 bits per heavy atom. The minimum absolute atomic E-state index is 0.202. The molecule has 0 unspecified atom stereocenters. The molecule has 6 nitrogen and oxygen atoms in total. The Balaban J connectivity index is 2.29. The van der Waals surface area contributed by atoms with E-state index in [0.717, 1.165) is 16.8 Å². The lowest BCUT2D eigenvalue weighted by Crippen LogP contribution is -2.12. The van der Waals surface area contributed by atoms with Crippen LogP contribution >= 0.6 is 0 Å². The molecule has 0 saturated carbocycles. The van der Waals surface area contributed by atoms with Crippen molar-refractivity contribution in [1.29, 1.82) is 0 Å². The van der Waals surface area contributed by atoms with Gasteiger partial charge in [-0.1, -0.05) is 11.6 Å². The molecule has 0 atom stereocenters. The quantitative estimate of drug-likeness (QED) is 0.805. The van der Waals surface area contributed by atoms with E-state index in [9.17, 15) is 4.79 Å². The van der Waals surface area contributed by atoms with Crippen LogP contribution in [0, 0.1) is 13.8 Å². The fourth-order valence-corrected chi connectivity index (χ4v) is 2.58. The van der Waals surface area contributed by atoms with Gasteiger partial charge in [0, 0.05) is 7.05 Å². The fraction of sp³-hybridized carbons (Fsp3) is 0.312. The number of aryl methyl sites for hydroxylation is 3. The first-order chi connectivity index (χ1) is 10.5. The van der Waals surface area contributed by atoms with E-state index in [-0.39, 0.29) is 5.56 Å². The minimum Gasteiger partial charge on any atom is -0.493 e. The van der Waals surface area contributed by atoms with Crippen molar-refractivity contribution in [1.82, 2.24) is 19.7 Å². The number of ether oxygens (including phenoxy) is 1. The molecule has 0 aliphatic rings. The van der Waals surface area contributed by atoms with E-state index in [4.69, 9.17) is 4.74 Å². The molecule has 2 aromatic heterocycles. The van der Waals surface area contributed by atoms with Crippen molar-refractivity contribution in [3.8, 4) is 17.1 Å². The predicted molar refractivity (Wildman–Crippen MR) is 85.2 cm³/mol. The number of nitrogens with zero attached hydrogens (tertiary/aromatic N) is 3. The predicted octanol–water partition coefficient (Wildman–Crippen LogP) is 2.34. The molecule has 2 heterocycles. The number of nitrogens with one attached hydrogen (secondary N) is 1. The van der Waals surface area contributed by atoms with Crippen LogP contribution in [0.2, 0.25) is 0 Å². The molecule has 0 radical (unpaired) electrons. The van der Waals surface area contributed by atoms with Crippen molar-refractivity contribution in [2.24, 2.45) is 7.05 Å². The highest BCUT2D eigenvalue weighted by atomic mass is 16.5. The molecule has 0 fully saturated rings. The van der Waals surface area contributed by atoms with Gasteiger partial charge in [-0.25, -0.2) is 4.98 Å². The third-order valence-corrected chi connectivity index (χ3v) is 3.55. The van der Waals surface area contributed by atoms with Gasteiger partial charge >= 0.3 is 0 Å². The topological polar surface area (TPSA) is 72.8 Å². The Morgan fingerprint density at radius 1 is 1.32 bits per heavy atom. The van der Waals surface area contributed by atoms with E-state index < -0.39 is 0 Å². The molecule has 0 aliphatic heterocycles. The number of fused-ring (bicyclic) bond motifs is 1. The summed E-state index contributed by atoms with van der Waals surface area (Å²) in [6.45, 7) is 6.31. The average Bonchev–Trinajstić information content (AvgIpc) is 2.76. The lowest BCUT2D eigenvalue weighted by atomic mass is 10.1. The molecule has 114 valence electrons. The fourth-order valence-electron chi connectivity index (χ4n) is 2.58. The van der Waals surface area contributed by atoms with Crippen LogP contribution in [0.4, 0.5) is 0 Å². The molecule has 0 spiro atoms. The van der Waals surface area contributed by atoms with E-state index in [1.54, 1.807) is 11.7 Å². The van der Waals surface area contributed by atoms with Crippen LogP contribution < -0.4 is 10.3 Å². The molecular weight excluding hydrogens is 280 g/mol. The zero-order valence-electron chi connectivity index (χ0n) is 13.1. The SMILES string of the molecule is CCOc1ccc(C)cc1-c1nc2c(C)nn(C)c2c(=O)[nH]1. The third-order valence-electron chi connectivity index (χ3n) is 3.55.